The van der Waals surface area contributed by atoms with Gasteiger partial charge in [0, 0.05) is 44.1 Å². The summed E-state index contributed by atoms with van der Waals surface area (Å²) >= 11 is 0. The molecule has 3 saturated heterocycles. The molecule has 0 amide bonds. The normalized spacial score (nSPS) is 21.3. The van der Waals surface area contributed by atoms with E-state index in [1.165, 1.54) is 43.3 Å². The Hall–Kier alpha value is -4.79. The van der Waals surface area contributed by atoms with E-state index in [1.807, 2.05) is 66.7 Å². The molecule has 2 bridgehead atoms. The number of esters is 3. The van der Waals surface area contributed by atoms with Crippen molar-refractivity contribution in [2.24, 2.45) is 0 Å². The average molecular weight is 675 g/mol. The second kappa shape index (κ2) is 14.6. The summed E-state index contributed by atoms with van der Waals surface area (Å²) in [6.07, 6.45) is 5.07. The average Bonchev–Trinajstić information content (AvgIpc) is 3.68. The van der Waals surface area contributed by atoms with Gasteiger partial charge in [0.05, 0.1) is 37.2 Å². The first-order valence-electron chi connectivity index (χ1n) is 17.8. The van der Waals surface area contributed by atoms with Gasteiger partial charge in [0.25, 0.3) is 0 Å². The zero-order valence-corrected chi connectivity index (χ0v) is 28.4. The van der Waals surface area contributed by atoms with E-state index in [1.54, 1.807) is 55.5 Å². The fraction of sp³-hybridized carbons (Fsp3) is 0.357. The van der Waals surface area contributed by atoms with Crippen molar-refractivity contribution in [2.45, 2.75) is 81.9 Å². The molecule has 1 spiro atoms. The minimum Gasteiger partial charge on any atom is -0.459 e. The van der Waals surface area contributed by atoms with Gasteiger partial charge >= 0.3 is 17.9 Å². The molecule has 3 fully saturated rings. The van der Waals surface area contributed by atoms with E-state index in [2.05, 4.69) is 0 Å². The molecule has 3 atom stereocenters. The highest BCUT2D eigenvalue weighted by atomic mass is 16.7. The standard InChI is InChI=1S/C42H44NO7/c1-30(47-39(44)27-32-17-11-12-22-38(32)49-40(45)31-15-5-2-6-16-31)50-42(33-18-7-3-8-19-33,34-20-9-4-10-21-34)41(46)48-37-28-35-23-24-36(29-37)43(35)25-13-14-26-43/h2-12,15-22,30,35-37H,13-14,23-29H2,1H3/q+1. The summed E-state index contributed by atoms with van der Waals surface area (Å²) < 4.78 is 25.8. The van der Waals surface area contributed by atoms with Gasteiger partial charge in [-0.2, -0.15) is 0 Å². The lowest BCUT2D eigenvalue weighted by Crippen LogP contribution is -2.60. The smallest absolute Gasteiger partial charge is 0.348 e. The van der Waals surface area contributed by atoms with E-state index in [-0.39, 0.29) is 18.3 Å². The summed E-state index contributed by atoms with van der Waals surface area (Å²) in [5.41, 5.74) is 0.353. The maximum atomic E-state index is 14.7. The third-order valence-electron chi connectivity index (χ3n) is 10.8. The van der Waals surface area contributed by atoms with Gasteiger partial charge in [-0.05, 0) is 36.2 Å². The molecule has 0 radical (unpaired) electrons. The van der Waals surface area contributed by atoms with Crippen LogP contribution in [0.3, 0.4) is 0 Å². The Morgan fingerprint density at radius 3 is 1.88 bits per heavy atom. The largest absolute Gasteiger partial charge is 0.459 e. The van der Waals surface area contributed by atoms with Gasteiger partial charge in [-0.3, -0.25) is 4.79 Å². The molecule has 258 valence electrons. The van der Waals surface area contributed by atoms with Gasteiger partial charge in [0.15, 0.2) is 0 Å². The molecule has 0 aliphatic carbocycles. The number of hydrogen-bond donors (Lipinski definition) is 0. The summed E-state index contributed by atoms with van der Waals surface area (Å²) in [6, 6.07) is 35.1. The highest BCUT2D eigenvalue weighted by Gasteiger charge is 2.57. The molecular formula is C42H44NO7+. The number of benzene rings is 4. The molecular weight excluding hydrogens is 630 g/mol. The number of hydrogen-bond acceptors (Lipinski definition) is 7. The van der Waals surface area contributed by atoms with Crippen molar-refractivity contribution in [1.29, 1.82) is 0 Å². The molecule has 3 unspecified atom stereocenters. The molecule has 0 N–H and O–H groups in total. The van der Waals surface area contributed by atoms with Crippen LogP contribution >= 0.6 is 0 Å². The summed E-state index contributed by atoms with van der Waals surface area (Å²) in [7, 11) is 0. The minimum absolute atomic E-state index is 0.176. The van der Waals surface area contributed by atoms with Gasteiger partial charge < -0.3 is 23.4 Å². The SMILES string of the molecule is CC(OC(=O)Cc1ccccc1OC(=O)c1ccccc1)OC(C(=O)OC1CC2CCC(C1)[N+]21CCCC1)(c1ccccc1)c1ccccc1. The van der Waals surface area contributed by atoms with Gasteiger partial charge in [0.1, 0.15) is 11.9 Å². The third kappa shape index (κ3) is 6.70. The van der Waals surface area contributed by atoms with Crippen LogP contribution < -0.4 is 4.74 Å². The van der Waals surface area contributed by atoms with Crippen molar-refractivity contribution < 1.29 is 37.8 Å². The van der Waals surface area contributed by atoms with Crippen LogP contribution in [-0.4, -0.2) is 60.0 Å². The fourth-order valence-corrected chi connectivity index (χ4v) is 8.61. The van der Waals surface area contributed by atoms with Crippen molar-refractivity contribution in [2.75, 3.05) is 13.1 Å². The van der Waals surface area contributed by atoms with Gasteiger partial charge in [-0.1, -0.05) is 97.1 Å². The molecule has 3 aliphatic rings. The van der Waals surface area contributed by atoms with Crippen molar-refractivity contribution in [3.63, 3.8) is 0 Å². The van der Waals surface area contributed by atoms with Crippen LogP contribution in [0.4, 0.5) is 0 Å². The van der Waals surface area contributed by atoms with Crippen LogP contribution in [0, 0.1) is 0 Å². The number of carbonyl (C=O) groups is 3. The van der Waals surface area contributed by atoms with Crippen LogP contribution in [0.5, 0.6) is 5.75 Å². The number of ether oxygens (including phenoxy) is 4. The van der Waals surface area contributed by atoms with Crippen LogP contribution in [-0.2, 0) is 35.8 Å². The van der Waals surface area contributed by atoms with Gasteiger partial charge in [0.2, 0.25) is 11.9 Å². The number of piperidine rings is 1. The van der Waals surface area contributed by atoms with E-state index in [0.29, 0.717) is 34.3 Å². The topological polar surface area (TPSA) is 88.1 Å². The van der Waals surface area contributed by atoms with E-state index < -0.39 is 29.8 Å². The zero-order chi connectivity index (χ0) is 34.6. The molecule has 3 heterocycles. The molecule has 4 aromatic carbocycles. The summed E-state index contributed by atoms with van der Waals surface area (Å²) in [5.74, 6) is -1.39. The van der Waals surface area contributed by atoms with Crippen molar-refractivity contribution in [3.05, 3.63) is 138 Å². The Kier molecular flexibility index (Phi) is 9.83. The first-order chi connectivity index (χ1) is 24.4. The lowest BCUT2D eigenvalue weighted by atomic mass is 9.85. The summed E-state index contributed by atoms with van der Waals surface area (Å²) in [5, 5.41) is 0. The number of quaternary nitrogens is 1. The molecule has 50 heavy (non-hydrogen) atoms. The Morgan fingerprint density at radius 2 is 1.28 bits per heavy atom. The minimum atomic E-state index is -1.69. The number of carbonyl (C=O) groups excluding carboxylic acids is 3. The predicted molar refractivity (Wildman–Crippen MR) is 187 cm³/mol. The lowest BCUT2D eigenvalue weighted by Gasteiger charge is -2.47. The molecule has 8 nitrogen and oxygen atoms in total. The molecule has 8 heteroatoms. The maximum Gasteiger partial charge on any atom is 0.348 e. The zero-order valence-electron chi connectivity index (χ0n) is 28.4. The van der Waals surface area contributed by atoms with E-state index in [9.17, 15) is 14.4 Å². The lowest BCUT2D eigenvalue weighted by molar-refractivity contribution is -0.956. The number of nitrogens with zero attached hydrogens (tertiary/aromatic N) is 1. The quantitative estimate of drug-likeness (QED) is 0.0723. The predicted octanol–water partition coefficient (Wildman–Crippen LogP) is 7.15. The number of rotatable bonds is 11. The first-order valence-corrected chi connectivity index (χ1v) is 17.8. The summed E-state index contributed by atoms with van der Waals surface area (Å²) in [6.45, 7) is 4.08. The first kappa shape index (κ1) is 33.7. The monoisotopic (exact) mass is 674 g/mol. The molecule has 3 aliphatic heterocycles. The van der Waals surface area contributed by atoms with E-state index in [4.69, 9.17) is 18.9 Å². The highest BCUT2D eigenvalue weighted by Crippen LogP contribution is 2.47. The Labute approximate surface area is 293 Å². The molecule has 7 rings (SSSR count). The van der Waals surface area contributed by atoms with Gasteiger partial charge in [-0.25, -0.2) is 9.59 Å². The second-order valence-electron chi connectivity index (χ2n) is 13.8. The Bertz CT molecular complexity index is 1730. The Morgan fingerprint density at radius 1 is 0.740 bits per heavy atom. The molecule has 0 aromatic heterocycles. The van der Waals surface area contributed by atoms with Crippen LogP contribution in [0.1, 0.15) is 72.5 Å². The van der Waals surface area contributed by atoms with Crippen molar-refractivity contribution in [3.8, 4) is 5.75 Å². The van der Waals surface area contributed by atoms with Crippen LogP contribution in [0.25, 0.3) is 0 Å². The fourth-order valence-electron chi connectivity index (χ4n) is 8.61. The Balaban J connectivity index is 1.11. The molecule has 4 aromatic rings. The third-order valence-corrected chi connectivity index (χ3v) is 10.8. The summed E-state index contributed by atoms with van der Waals surface area (Å²) in [4.78, 5) is 40.9. The van der Waals surface area contributed by atoms with Crippen molar-refractivity contribution in [1.82, 2.24) is 0 Å². The van der Waals surface area contributed by atoms with Crippen LogP contribution in [0.15, 0.2) is 115 Å². The number of para-hydroxylation sites is 1. The second-order valence-corrected chi connectivity index (χ2v) is 13.8. The van der Waals surface area contributed by atoms with Crippen LogP contribution in [0.2, 0.25) is 0 Å². The highest BCUT2D eigenvalue weighted by molar-refractivity contribution is 5.91. The molecule has 0 saturated carbocycles. The van der Waals surface area contributed by atoms with E-state index in [0.717, 1.165) is 12.8 Å². The van der Waals surface area contributed by atoms with Gasteiger partial charge in [-0.15, -0.1) is 0 Å². The maximum absolute atomic E-state index is 14.7. The van der Waals surface area contributed by atoms with E-state index >= 15 is 0 Å². The van der Waals surface area contributed by atoms with Crippen molar-refractivity contribution >= 4 is 17.9 Å².